The molecule has 1 aliphatic heterocycles. The van der Waals surface area contributed by atoms with Gasteiger partial charge in [0, 0.05) is 6.54 Å². The number of carbonyl (C=O) groups is 1. The highest BCUT2D eigenvalue weighted by Crippen LogP contribution is 2.25. The average Bonchev–Trinajstić information content (AvgIpc) is 2.88. The number of esters is 1. The molecule has 1 aromatic heterocycles. The number of nitrogens with one attached hydrogen (secondary N) is 1. The molecule has 1 atom stereocenters. The topological polar surface area (TPSA) is 85.4 Å². The van der Waals surface area contributed by atoms with Gasteiger partial charge in [0.05, 0.1) is 24.3 Å². The second-order valence-corrected chi connectivity index (χ2v) is 7.80. The SMILES string of the molecule is COC(=O)c1sc(NCC2CCS(=O)(=O)C2)nc1C. The molecule has 1 N–H and O–H groups in total. The van der Waals surface area contributed by atoms with Crippen LogP contribution in [-0.2, 0) is 14.6 Å². The van der Waals surface area contributed by atoms with Gasteiger partial charge in [0.15, 0.2) is 15.0 Å². The third-order valence-corrected chi connectivity index (χ3v) is 5.97. The zero-order valence-electron chi connectivity index (χ0n) is 10.8. The van der Waals surface area contributed by atoms with Crippen molar-refractivity contribution < 1.29 is 17.9 Å². The molecule has 0 aromatic carbocycles. The van der Waals surface area contributed by atoms with E-state index in [4.69, 9.17) is 0 Å². The van der Waals surface area contributed by atoms with Gasteiger partial charge in [-0.15, -0.1) is 0 Å². The number of anilines is 1. The van der Waals surface area contributed by atoms with Gasteiger partial charge in [-0.1, -0.05) is 11.3 Å². The molecule has 0 spiro atoms. The second-order valence-electron chi connectivity index (χ2n) is 4.58. The van der Waals surface area contributed by atoms with E-state index in [1.54, 1.807) is 6.92 Å². The van der Waals surface area contributed by atoms with Gasteiger partial charge in [0.1, 0.15) is 4.88 Å². The van der Waals surface area contributed by atoms with E-state index in [1.165, 1.54) is 18.4 Å². The molecule has 8 heteroatoms. The summed E-state index contributed by atoms with van der Waals surface area (Å²) in [6.45, 7) is 2.31. The first-order valence-electron chi connectivity index (χ1n) is 5.91. The fourth-order valence-corrected chi connectivity index (χ4v) is 4.77. The summed E-state index contributed by atoms with van der Waals surface area (Å²) in [7, 11) is -1.52. The van der Waals surface area contributed by atoms with Gasteiger partial charge < -0.3 is 10.1 Å². The van der Waals surface area contributed by atoms with Crippen molar-refractivity contribution in [3.05, 3.63) is 10.6 Å². The summed E-state index contributed by atoms with van der Waals surface area (Å²) >= 11 is 1.23. The zero-order valence-corrected chi connectivity index (χ0v) is 12.4. The van der Waals surface area contributed by atoms with Crippen LogP contribution in [0.1, 0.15) is 21.8 Å². The number of hydrogen-bond acceptors (Lipinski definition) is 7. The van der Waals surface area contributed by atoms with E-state index in [0.717, 1.165) is 0 Å². The van der Waals surface area contributed by atoms with Gasteiger partial charge in [0.2, 0.25) is 0 Å². The van der Waals surface area contributed by atoms with Gasteiger partial charge in [-0.2, -0.15) is 0 Å². The smallest absolute Gasteiger partial charge is 0.350 e. The lowest BCUT2D eigenvalue weighted by molar-refractivity contribution is 0.0605. The Morgan fingerprint density at radius 3 is 2.89 bits per heavy atom. The molecule has 1 aliphatic rings. The van der Waals surface area contributed by atoms with E-state index >= 15 is 0 Å². The van der Waals surface area contributed by atoms with Crippen LogP contribution in [0.3, 0.4) is 0 Å². The molecule has 2 rings (SSSR count). The largest absolute Gasteiger partial charge is 0.465 e. The number of hydrogen-bond donors (Lipinski definition) is 1. The molecule has 0 aliphatic carbocycles. The Morgan fingerprint density at radius 2 is 2.32 bits per heavy atom. The highest BCUT2D eigenvalue weighted by atomic mass is 32.2. The van der Waals surface area contributed by atoms with Crippen LogP contribution >= 0.6 is 11.3 Å². The number of thiazole rings is 1. The Bertz CT molecular complexity index is 580. The normalized spacial score (nSPS) is 21.3. The Kier molecular flexibility index (Phi) is 4.10. The standard InChI is InChI=1S/C11H16N2O4S2/c1-7-9(10(14)17-2)18-11(13-7)12-5-8-3-4-19(15,16)6-8/h8H,3-6H2,1-2H3,(H,12,13). The van der Waals surface area contributed by atoms with E-state index < -0.39 is 15.8 Å². The summed E-state index contributed by atoms with van der Waals surface area (Å²) < 4.78 is 27.3. The van der Waals surface area contributed by atoms with Crippen molar-refractivity contribution >= 4 is 32.3 Å². The lowest BCUT2D eigenvalue weighted by Crippen LogP contribution is -2.15. The minimum Gasteiger partial charge on any atom is -0.465 e. The molecule has 19 heavy (non-hydrogen) atoms. The quantitative estimate of drug-likeness (QED) is 0.838. The van der Waals surface area contributed by atoms with Crippen LogP contribution in [0.5, 0.6) is 0 Å². The summed E-state index contributed by atoms with van der Waals surface area (Å²) in [5.74, 6) is 0.222. The lowest BCUT2D eigenvalue weighted by atomic mass is 10.1. The van der Waals surface area contributed by atoms with Crippen LogP contribution in [0.15, 0.2) is 0 Å². The van der Waals surface area contributed by atoms with Crippen LogP contribution in [0, 0.1) is 12.8 Å². The lowest BCUT2D eigenvalue weighted by Gasteiger charge is -2.07. The molecule has 1 unspecified atom stereocenters. The number of aryl methyl sites for hydroxylation is 1. The first kappa shape index (κ1) is 14.3. The van der Waals surface area contributed by atoms with Crippen LogP contribution in [0.25, 0.3) is 0 Å². The highest BCUT2D eigenvalue weighted by Gasteiger charge is 2.27. The fraction of sp³-hybridized carbons (Fsp3) is 0.636. The van der Waals surface area contributed by atoms with Crippen molar-refractivity contribution in [3.8, 4) is 0 Å². The first-order valence-corrected chi connectivity index (χ1v) is 8.55. The van der Waals surface area contributed by atoms with E-state index in [0.29, 0.717) is 28.7 Å². The van der Waals surface area contributed by atoms with Crippen LogP contribution in [0.2, 0.25) is 0 Å². The summed E-state index contributed by atoms with van der Waals surface area (Å²) in [6, 6.07) is 0. The predicted octanol–water partition coefficient (Wildman–Crippen LogP) is 1.08. The van der Waals surface area contributed by atoms with E-state index in [-0.39, 0.29) is 17.4 Å². The third kappa shape index (κ3) is 3.44. The monoisotopic (exact) mass is 304 g/mol. The Morgan fingerprint density at radius 1 is 1.58 bits per heavy atom. The van der Waals surface area contributed by atoms with E-state index in [2.05, 4.69) is 15.0 Å². The Labute approximate surface area is 116 Å². The molecular weight excluding hydrogens is 288 g/mol. The Hall–Kier alpha value is -1.15. The molecule has 6 nitrogen and oxygen atoms in total. The summed E-state index contributed by atoms with van der Waals surface area (Å²) in [4.78, 5) is 16.1. The molecule has 2 heterocycles. The fourth-order valence-electron chi connectivity index (χ4n) is 2.02. The molecule has 0 radical (unpaired) electrons. The molecule has 0 bridgehead atoms. The molecule has 106 valence electrons. The molecule has 1 aromatic rings. The number of sulfone groups is 1. The van der Waals surface area contributed by atoms with Crippen molar-refractivity contribution in [3.63, 3.8) is 0 Å². The molecular formula is C11H16N2O4S2. The van der Waals surface area contributed by atoms with Crippen molar-refractivity contribution in [1.82, 2.24) is 4.98 Å². The average molecular weight is 304 g/mol. The number of carbonyl (C=O) groups excluding carboxylic acids is 1. The number of aromatic nitrogens is 1. The second kappa shape index (κ2) is 5.46. The van der Waals surface area contributed by atoms with Gasteiger partial charge in [-0.25, -0.2) is 18.2 Å². The first-order chi connectivity index (χ1) is 8.91. The maximum atomic E-state index is 11.4. The van der Waals surface area contributed by atoms with E-state index in [1.807, 2.05) is 0 Å². The zero-order chi connectivity index (χ0) is 14.0. The number of rotatable bonds is 4. The molecule has 0 amide bonds. The summed E-state index contributed by atoms with van der Waals surface area (Å²) in [6.07, 6.45) is 0.684. The molecule has 0 saturated carbocycles. The Balaban J connectivity index is 1.96. The van der Waals surface area contributed by atoms with E-state index in [9.17, 15) is 13.2 Å². The van der Waals surface area contributed by atoms with Gasteiger partial charge >= 0.3 is 5.97 Å². The van der Waals surface area contributed by atoms with Crippen LogP contribution in [0.4, 0.5) is 5.13 Å². The maximum absolute atomic E-state index is 11.4. The molecule has 1 fully saturated rings. The van der Waals surface area contributed by atoms with Gasteiger partial charge in [-0.3, -0.25) is 0 Å². The van der Waals surface area contributed by atoms with Gasteiger partial charge in [0.25, 0.3) is 0 Å². The number of ether oxygens (including phenoxy) is 1. The predicted molar refractivity (Wildman–Crippen MR) is 73.4 cm³/mol. The van der Waals surface area contributed by atoms with Crippen molar-refractivity contribution in [2.75, 3.05) is 30.5 Å². The van der Waals surface area contributed by atoms with Crippen molar-refractivity contribution in [1.29, 1.82) is 0 Å². The van der Waals surface area contributed by atoms with Crippen molar-refractivity contribution in [2.45, 2.75) is 13.3 Å². The van der Waals surface area contributed by atoms with Crippen LogP contribution < -0.4 is 5.32 Å². The van der Waals surface area contributed by atoms with Crippen LogP contribution in [-0.4, -0.2) is 44.5 Å². The summed E-state index contributed by atoms with van der Waals surface area (Å²) in [5, 5.41) is 3.73. The minimum atomic E-state index is -2.85. The summed E-state index contributed by atoms with van der Waals surface area (Å²) in [5.41, 5.74) is 0.624. The third-order valence-electron chi connectivity index (χ3n) is 3.04. The highest BCUT2D eigenvalue weighted by molar-refractivity contribution is 7.91. The number of methoxy groups -OCH3 is 1. The minimum absolute atomic E-state index is 0.121. The maximum Gasteiger partial charge on any atom is 0.350 e. The number of nitrogens with zero attached hydrogens (tertiary/aromatic N) is 1. The molecule has 1 saturated heterocycles. The van der Waals surface area contributed by atoms with Gasteiger partial charge in [-0.05, 0) is 19.3 Å². The van der Waals surface area contributed by atoms with Crippen molar-refractivity contribution in [2.24, 2.45) is 5.92 Å².